The normalized spacial score (nSPS) is 21.4. The lowest BCUT2D eigenvalue weighted by Crippen LogP contribution is -2.42. The van der Waals surface area contributed by atoms with Crippen molar-refractivity contribution in [2.45, 2.75) is 112 Å². The molecular weight excluding hydrogens is 589 g/mol. The minimum absolute atomic E-state index is 0.0825. The average Bonchev–Trinajstić information content (AvgIpc) is 3.67. The monoisotopic (exact) mass is 644 g/mol. The lowest BCUT2D eigenvalue weighted by Gasteiger charge is -2.47. The van der Waals surface area contributed by atoms with Crippen LogP contribution in [0.25, 0.3) is 33.0 Å². The molecule has 0 bridgehead atoms. The summed E-state index contributed by atoms with van der Waals surface area (Å²) < 4.78 is 0. The molecule has 4 aromatic rings. The molecule has 8 rings (SSSR count). The Hall–Kier alpha value is -3.64. The summed E-state index contributed by atoms with van der Waals surface area (Å²) in [6.45, 7) is 24.4. The first-order chi connectivity index (χ1) is 23.5. The first-order valence-corrected chi connectivity index (χ1v) is 19.5. The van der Waals surface area contributed by atoms with E-state index in [1.54, 1.807) is 44.5 Å². The van der Waals surface area contributed by atoms with Gasteiger partial charge in [0.1, 0.15) is 0 Å². The van der Waals surface area contributed by atoms with Crippen LogP contribution < -0.4 is 0 Å². The van der Waals surface area contributed by atoms with Crippen LogP contribution in [0.2, 0.25) is 0 Å². The van der Waals surface area contributed by atoms with E-state index in [1.807, 2.05) is 0 Å². The van der Waals surface area contributed by atoms with Crippen LogP contribution in [0.3, 0.4) is 0 Å². The van der Waals surface area contributed by atoms with E-state index in [-0.39, 0.29) is 10.8 Å². The molecule has 2 unspecified atom stereocenters. The first kappa shape index (κ1) is 32.6. The van der Waals surface area contributed by atoms with E-state index in [0.29, 0.717) is 23.7 Å². The van der Waals surface area contributed by atoms with Gasteiger partial charge in [-0.3, -0.25) is 0 Å². The van der Waals surface area contributed by atoms with Crippen molar-refractivity contribution in [3.63, 3.8) is 0 Å². The molecule has 0 aliphatic heterocycles. The zero-order chi connectivity index (χ0) is 34.6. The molecule has 2 atom stereocenters. The fourth-order valence-corrected chi connectivity index (χ4v) is 11.6. The number of benzene rings is 4. The molecule has 4 aliphatic rings. The van der Waals surface area contributed by atoms with Gasteiger partial charge in [0.05, 0.1) is 0 Å². The molecular formula is C49H56. The summed E-state index contributed by atoms with van der Waals surface area (Å²) in [6.07, 6.45) is 11.3. The predicted molar refractivity (Wildman–Crippen MR) is 212 cm³/mol. The topological polar surface area (TPSA) is 0 Å². The maximum atomic E-state index is 2.84. The van der Waals surface area contributed by atoms with E-state index in [2.05, 4.69) is 142 Å². The number of rotatable bonds is 7. The van der Waals surface area contributed by atoms with Crippen molar-refractivity contribution in [2.24, 2.45) is 23.7 Å². The maximum Gasteiger partial charge on any atom is 0.0474 e. The fraction of sp³-hybridized carbons (Fsp3) is 0.429. The van der Waals surface area contributed by atoms with Crippen LogP contribution in [0.5, 0.6) is 0 Å². The lowest BCUT2D eigenvalue weighted by molar-refractivity contribution is 0.298. The minimum Gasteiger partial charge on any atom is -0.0654 e. The maximum absolute atomic E-state index is 2.84. The SMILES string of the molecule is CCC(CC)C1=CC2(c3ccc4c(c3-c3ccc5c(C)cc(C)cc5c32)C(C)(C)C2=C4Cc3ccccc32)C(C(C)C)C(C(CC)CC)=C1. The molecule has 4 aliphatic carbocycles. The van der Waals surface area contributed by atoms with Crippen LogP contribution in [-0.4, -0.2) is 0 Å². The van der Waals surface area contributed by atoms with Crippen molar-refractivity contribution >= 4 is 21.9 Å². The zero-order valence-corrected chi connectivity index (χ0v) is 31.8. The molecule has 49 heavy (non-hydrogen) atoms. The molecule has 0 N–H and O–H groups in total. The number of aryl methyl sites for hydroxylation is 2. The second-order valence-electron chi connectivity index (χ2n) is 16.8. The van der Waals surface area contributed by atoms with Gasteiger partial charge in [0.2, 0.25) is 0 Å². The van der Waals surface area contributed by atoms with Crippen LogP contribution in [-0.2, 0) is 17.3 Å². The molecule has 0 radical (unpaired) electrons. The number of hydrogen-bond acceptors (Lipinski definition) is 0. The second kappa shape index (κ2) is 11.4. The Bertz CT molecular complexity index is 2120. The van der Waals surface area contributed by atoms with E-state index >= 15 is 0 Å². The van der Waals surface area contributed by atoms with Gasteiger partial charge < -0.3 is 0 Å². The summed E-state index contributed by atoms with van der Waals surface area (Å²) in [6, 6.07) is 24.3. The Kier molecular flexibility index (Phi) is 7.61. The van der Waals surface area contributed by atoms with Crippen molar-refractivity contribution < 1.29 is 0 Å². The van der Waals surface area contributed by atoms with Crippen LogP contribution in [0, 0.1) is 37.5 Å². The van der Waals surface area contributed by atoms with Crippen LogP contribution in [0.4, 0.5) is 0 Å². The van der Waals surface area contributed by atoms with Gasteiger partial charge in [-0.25, -0.2) is 0 Å². The molecule has 4 aromatic carbocycles. The average molecular weight is 645 g/mol. The molecule has 0 fully saturated rings. The molecule has 0 saturated carbocycles. The highest BCUT2D eigenvalue weighted by molar-refractivity contribution is 6.10. The van der Waals surface area contributed by atoms with E-state index < -0.39 is 0 Å². The number of fused-ring (bicyclic) bond motifs is 12. The highest BCUT2D eigenvalue weighted by Gasteiger charge is 2.55. The largest absolute Gasteiger partial charge is 0.0654 e. The molecule has 0 saturated heterocycles. The van der Waals surface area contributed by atoms with Crippen molar-refractivity contribution in [1.29, 1.82) is 0 Å². The third-order valence-electron chi connectivity index (χ3n) is 13.5. The third kappa shape index (κ3) is 4.28. The van der Waals surface area contributed by atoms with Gasteiger partial charge >= 0.3 is 0 Å². The summed E-state index contributed by atoms with van der Waals surface area (Å²) in [4.78, 5) is 0. The Balaban J connectivity index is 1.53. The van der Waals surface area contributed by atoms with Gasteiger partial charge in [0.25, 0.3) is 0 Å². The summed E-state index contributed by atoms with van der Waals surface area (Å²) >= 11 is 0. The zero-order valence-electron chi connectivity index (χ0n) is 31.8. The smallest absolute Gasteiger partial charge is 0.0474 e. The van der Waals surface area contributed by atoms with E-state index in [1.165, 1.54) is 69.8 Å². The molecule has 0 amide bonds. The van der Waals surface area contributed by atoms with Gasteiger partial charge in [-0.2, -0.15) is 0 Å². The van der Waals surface area contributed by atoms with E-state index in [9.17, 15) is 0 Å². The number of allylic oxidation sites excluding steroid dienone is 6. The summed E-state index contributed by atoms with van der Waals surface area (Å²) in [5, 5.41) is 2.89. The van der Waals surface area contributed by atoms with Crippen molar-refractivity contribution in [3.05, 3.63) is 128 Å². The Morgan fingerprint density at radius 3 is 2.12 bits per heavy atom. The third-order valence-corrected chi connectivity index (χ3v) is 13.5. The van der Waals surface area contributed by atoms with Crippen LogP contribution in [0.1, 0.15) is 126 Å². The standard InChI is InChI=1S/C49H56/c1-11-31(12-2)34-26-39(32(13-3)14-4)44(28(5)6)49(27-34)42-22-21-37-41-25-33-17-15-16-18-36(33)45(41)48(9,10)47(37)43(42)38-20-19-35-30(8)23-29(7)24-40(35)46(38)49/h15-24,26-28,31-32,44H,11-14,25H2,1-10H3. The first-order valence-electron chi connectivity index (χ1n) is 19.5. The molecule has 1 spiro atoms. The molecule has 0 heterocycles. The van der Waals surface area contributed by atoms with Gasteiger partial charge in [0.15, 0.2) is 0 Å². The number of hydrogen-bond donors (Lipinski definition) is 0. The van der Waals surface area contributed by atoms with Gasteiger partial charge in [-0.15, -0.1) is 0 Å². The summed E-state index contributed by atoms with van der Waals surface area (Å²) in [5.74, 6) is 2.03. The fourth-order valence-electron chi connectivity index (χ4n) is 11.6. The summed E-state index contributed by atoms with van der Waals surface area (Å²) in [5.41, 5.74) is 21.1. The van der Waals surface area contributed by atoms with Gasteiger partial charge in [0, 0.05) is 16.7 Å². The lowest BCUT2D eigenvalue weighted by atomic mass is 9.55. The highest BCUT2D eigenvalue weighted by Crippen LogP contribution is 2.67. The molecule has 0 nitrogen and oxygen atoms in total. The predicted octanol–water partition coefficient (Wildman–Crippen LogP) is 13.5. The van der Waals surface area contributed by atoms with Crippen LogP contribution >= 0.6 is 0 Å². The van der Waals surface area contributed by atoms with E-state index in [4.69, 9.17) is 0 Å². The Morgan fingerprint density at radius 2 is 1.43 bits per heavy atom. The Morgan fingerprint density at radius 1 is 0.735 bits per heavy atom. The highest BCUT2D eigenvalue weighted by atomic mass is 14.6. The van der Waals surface area contributed by atoms with E-state index in [0.717, 1.165) is 6.42 Å². The minimum atomic E-state index is -0.223. The molecule has 252 valence electrons. The quantitative estimate of drug-likeness (QED) is 0.188. The summed E-state index contributed by atoms with van der Waals surface area (Å²) in [7, 11) is 0. The molecule has 0 heteroatoms. The van der Waals surface area contributed by atoms with Crippen molar-refractivity contribution in [2.75, 3.05) is 0 Å². The van der Waals surface area contributed by atoms with Gasteiger partial charge in [-0.1, -0.05) is 139 Å². The molecule has 0 aromatic heterocycles. The van der Waals surface area contributed by atoms with Crippen molar-refractivity contribution in [3.8, 4) is 11.1 Å². The van der Waals surface area contributed by atoms with Crippen LogP contribution in [0.15, 0.2) is 84.0 Å². The van der Waals surface area contributed by atoms with Gasteiger partial charge in [-0.05, 0) is 141 Å². The second-order valence-corrected chi connectivity index (χ2v) is 16.8. The van der Waals surface area contributed by atoms with Crippen molar-refractivity contribution in [1.82, 2.24) is 0 Å². The Labute approximate surface area is 296 Å².